The molecule has 2 N–H and O–H groups in total. The molecule has 0 fully saturated rings. The zero-order chi connectivity index (χ0) is 10.8. The van der Waals surface area contributed by atoms with E-state index in [9.17, 15) is 4.79 Å². The molecule has 2 heterocycles. The molecule has 2 aromatic rings. The Hall–Kier alpha value is -1.97. The van der Waals surface area contributed by atoms with Crippen molar-refractivity contribution in [1.29, 1.82) is 0 Å². The fourth-order valence-corrected chi connectivity index (χ4v) is 1.71. The van der Waals surface area contributed by atoms with Crippen LogP contribution in [0.15, 0.2) is 30.5 Å². The summed E-state index contributed by atoms with van der Waals surface area (Å²) in [6, 6.07) is 7.58. The van der Waals surface area contributed by atoms with Gasteiger partial charge >= 0.3 is 6.09 Å². The molecule has 0 aromatic carbocycles. The lowest BCUT2D eigenvalue weighted by Gasteiger charge is -1.99. The number of fused-ring (bicyclic) bond motifs is 1. The molecule has 0 radical (unpaired) electrons. The first-order valence-electron chi connectivity index (χ1n) is 4.81. The van der Waals surface area contributed by atoms with Crippen LogP contribution < -0.4 is 5.32 Å². The van der Waals surface area contributed by atoms with E-state index in [1.807, 2.05) is 41.8 Å². The van der Waals surface area contributed by atoms with E-state index in [0.717, 1.165) is 17.6 Å². The van der Waals surface area contributed by atoms with E-state index in [4.69, 9.17) is 5.11 Å². The number of carboxylic acid groups (broad SMARTS) is 1. The van der Waals surface area contributed by atoms with Crippen molar-refractivity contribution in [3.8, 4) is 0 Å². The van der Waals surface area contributed by atoms with Gasteiger partial charge in [-0.25, -0.2) is 4.79 Å². The molecule has 0 aliphatic heterocycles. The highest BCUT2D eigenvalue weighted by atomic mass is 16.4. The summed E-state index contributed by atoms with van der Waals surface area (Å²) in [4.78, 5) is 10.6. The Morgan fingerprint density at radius 1 is 1.53 bits per heavy atom. The van der Waals surface area contributed by atoms with E-state index in [2.05, 4.69) is 5.32 Å². The Morgan fingerprint density at radius 2 is 2.33 bits per heavy atom. The number of aromatic nitrogens is 1. The Balaban J connectivity index is 2.59. The fraction of sp³-hybridized carbons (Fsp3) is 0.182. The summed E-state index contributed by atoms with van der Waals surface area (Å²) >= 11 is 0. The average Bonchev–Trinajstić information content (AvgIpc) is 2.56. The minimum atomic E-state index is -1.03. The molecule has 0 bridgehead atoms. The van der Waals surface area contributed by atoms with Crippen LogP contribution in [-0.2, 0) is 6.42 Å². The lowest BCUT2D eigenvalue weighted by Crippen LogP contribution is -2.06. The first-order valence-corrected chi connectivity index (χ1v) is 4.81. The van der Waals surface area contributed by atoms with E-state index < -0.39 is 6.09 Å². The molecule has 0 aliphatic carbocycles. The molecule has 0 atom stereocenters. The SMILES string of the molecule is CCc1cc(NC(=O)O)c2ccccn12. The van der Waals surface area contributed by atoms with Crippen molar-refractivity contribution >= 4 is 17.3 Å². The Bertz CT molecular complexity index is 502. The summed E-state index contributed by atoms with van der Waals surface area (Å²) in [6.45, 7) is 2.04. The van der Waals surface area contributed by atoms with Gasteiger partial charge in [0.25, 0.3) is 0 Å². The smallest absolute Gasteiger partial charge is 0.409 e. The summed E-state index contributed by atoms with van der Waals surface area (Å²) in [5.41, 5.74) is 2.62. The maximum absolute atomic E-state index is 10.6. The van der Waals surface area contributed by atoms with Crippen LogP contribution in [0.25, 0.3) is 5.52 Å². The van der Waals surface area contributed by atoms with Crippen molar-refractivity contribution in [1.82, 2.24) is 4.40 Å². The molecule has 78 valence electrons. The standard InChI is InChI=1S/C11H12N2O2/c1-2-8-7-9(12-11(14)15)10-5-3-4-6-13(8)10/h3-7,12H,2H2,1H3,(H,14,15). The molecule has 0 aliphatic rings. The van der Waals surface area contributed by atoms with Crippen molar-refractivity contribution in [2.24, 2.45) is 0 Å². The monoisotopic (exact) mass is 204 g/mol. The zero-order valence-corrected chi connectivity index (χ0v) is 8.40. The average molecular weight is 204 g/mol. The van der Waals surface area contributed by atoms with Crippen LogP contribution >= 0.6 is 0 Å². The lowest BCUT2D eigenvalue weighted by atomic mass is 10.3. The van der Waals surface area contributed by atoms with Crippen molar-refractivity contribution in [3.05, 3.63) is 36.2 Å². The second kappa shape index (κ2) is 3.65. The Morgan fingerprint density at radius 3 is 3.00 bits per heavy atom. The third kappa shape index (κ3) is 1.66. The van der Waals surface area contributed by atoms with Gasteiger partial charge in [-0.3, -0.25) is 5.32 Å². The number of anilines is 1. The molecule has 15 heavy (non-hydrogen) atoms. The summed E-state index contributed by atoms with van der Waals surface area (Å²) in [5, 5.41) is 11.1. The van der Waals surface area contributed by atoms with Gasteiger partial charge in [0.05, 0.1) is 11.2 Å². The molecule has 4 nitrogen and oxygen atoms in total. The van der Waals surface area contributed by atoms with Gasteiger partial charge in [-0.15, -0.1) is 0 Å². The fourth-order valence-electron chi connectivity index (χ4n) is 1.71. The summed E-state index contributed by atoms with van der Waals surface area (Å²) < 4.78 is 1.99. The minimum absolute atomic E-state index is 0.639. The number of hydrogen-bond acceptors (Lipinski definition) is 1. The predicted octanol–water partition coefficient (Wildman–Crippen LogP) is 2.59. The van der Waals surface area contributed by atoms with Gasteiger partial charge < -0.3 is 9.51 Å². The molecule has 1 amide bonds. The normalized spacial score (nSPS) is 10.5. The number of nitrogens with zero attached hydrogens (tertiary/aromatic N) is 1. The number of rotatable bonds is 2. The van der Waals surface area contributed by atoms with E-state index in [1.165, 1.54) is 0 Å². The van der Waals surface area contributed by atoms with E-state index in [1.54, 1.807) is 0 Å². The van der Waals surface area contributed by atoms with Gasteiger partial charge in [0, 0.05) is 11.9 Å². The number of carbonyl (C=O) groups is 1. The summed E-state index contributed by atoms with van der Waals surface area (Å²) in [5.74, 6) is 0. The first kappa shape index (κ1) is 9.58. The van der Waals surface area contributed by atoms with Gasteiger partial charge in [0.15, 0.2) is 0 Å². The van der Waals surface area contributed by atoms with Gasteiger partial charge in [-0.1, -0.05) is 13.0 Å². The quantitative estimate of drug-likeness (QED) is 0.789. The van der Waals surface area contributed by atoms with Crippen molar-refractivity contribution in [3.63, 3.8) is 0 Å². The molecule has 2 rings (SSSR count). The van der Waals surface area contributed by atoms with Crippen LogP contribution in [0.1, 0.15) is 12.6 Å². The number of hydrogen-bond donors (Lipinski definition) is 2. The lowest BCUT2D eigenvalue weighted by molar-refractivity contribution is 0.210. The van der Waals surface area contributed by atoms with Crippen molar-refractivity contribution in [2.45, 2.75) is 13.3 Å². The molecule has 0 unspecified atom stereocenters. The van der Waals surface area contributed by atoms with Gasteiger partial charge in [-0.05, 0) is 24.6 Å². The molecule has 0 saturated carbocycles. The van der Waals surface area contributed by atoms with Crippen LogP contribution in [0.5, 0.6) is 0 Å². The first-order chi connectivity index (χ1) is 7.22. The number of pyridine rings is 1. The van der Waals surface area contributed by atoms with E-state index in [-0.39, 0.29) is 0 Å². The third-order valence-electron chi connectivity index (χ3n) is 2.36. The number of amides is 1. The van der Waals surface area contributed by atoms with Crippen LogP contribution in [0.2, 0.25) is 0 Å². The molecular formula is C11H12N2O2. The summed E-state index contributed by atoms with van der Waals surface area (Å²) in [6.07, 6.45) is 1.77. The molecule has 4 heteroatoms. The van der Waals surface area contributed by atoms with Crippen LogP contribution in [0.3, 0.4) is 0 Å². The van der Waals surface area contributed by atoms with Crippen molar-refractivity contribution in [2.75, 3.05) is 5.32 Å². The number of nitrogens with one attached hydrogen (secondary N) is 1. The van der Waals surface area contributed by atoms with Crippen LogP contribution in [-0.4, -0.2) is 15.6 Å². The highest BCUT2D eigenvalue weighted by molar-refractivity contribution is 5.90. The maximum atomic E-state index is 10.6. The van der Waals surface area contributed by atoms with Gasteiger partial charge in [0.1, 0.15) is 0 Å². The maximum Gasteiger partial charge on any atom is 0.409 e. The molecule has 0 spiro atoms. The predicted molar refractivity (Wildman–Crippen MR) is 58.4 cm³/mol. The second-order valence-electron chi connectivity index (χ2n) is 3.29. The third-order valence-corrected chi connectivity index (χ3v) is 2.36. The van der Waals surface area contributed by atoms with E-state index in [0.29, 0.717) is 5.69 Å². The number of aryl methyl sites for hydroxylation is 1. The highest BCUT2D eigenvalue weighted by Gasteiger charge is 2.08. The minimum Gasteiger partial charge on any atom is -0.465 e. The molecular weight excluding hydrogens is 192 g/mol. The highest BCUT2D eigenvalue weighted by Crippen LogP contribution is 2.22. The summed E-state index contributed by atoms with van der Waals surface area (Å²) in [7, 11) is 0. The van der Waals surface area contributed by atoms with E-state index >= 15 is 0 Å². The largest absolute Gasteiger partial charge is 0.465 e. The van der Waals surface area contributed by atoms with Gasteiger partial charge in [-0.2, -0.15) is 0 Å². The van der Waals surface area contributed by atoms with Crippen LogP contribution in [0, 0.1) is 0 Å². The van der Waals surface area contributed by atoms with Crippen molar-refractivity contribution < 1.29 is 9.90 Å². The molecule has 0 saturated heterocycles. The van der Waals surface area contributed by atoms with Gasteiger partial charge in [0.2, 0.25) is 0 Å². The Kier molecular flexibility index (Phi) is 2.33. The Labute approximate surface area is 87.2 Å². The zero-order valence-electron chi connectivity index (χ0n) is 8.40. The van der Waals surface area contributed by atoms with Crippen LogP contribution in [0.4, 0.5) is 10.5 Å². The second-order valence-corrected chi connectivity index (χ2v) is 3.29. The molecule has 2 aromatic heterocycles. The topological polar surface area (TPSA) is 53.7 Å².